The summed E-state index contributed by atoms with van der Waals surface area (Å²) in [6.07, 6.45) is 0. The number of anilines is 3. The molecule has 0 fully saturated rings. The minimum absolute atomic E-state index is 0.104. The van der Waals surface area contributed by atoms with Crippen LogP contribution in [0.3, 0.4) is 0 Å². The number of aromatic nitrogens is 2. The molecule has 0 aliphatic heterocycles. The second-order valence-corrected chi connectivity index (χ2v) is 9.03. The molecule has 0 spiro atoms. The van der Waals surface area contributed by atoms with Gasteiger partial charge in [0.1, 0.15) is 0 Å². The van der Waals surface area contributed by atoms with Crippen molar-refractivity contribution in [2.75, 3.05) is 24.7 Å². The summed E-state index contributed by atoms with van der Waals surface area (Å²) in [6, 6.07) is 11.0. The number of hydrogen-bond acceptors (Lipinski definition) is 7. The van der Waals surface area contributed by atoms with Crippen LogP contribution in [0.5, 0.6) is 0 Å². The van der Waals surface area contributed by atoms with Crippen LogP contribution in [-0.4, -0.2) is 38.2 Å². The molecule has 7 nitrogen and oxygen atoms in total. The Bertz CT molecular complexity index is 1040. The van der Waals surface area contributed by atoms with Gasteiger partial charge >= 0.3 is 0 Å². The van der Waals surface area contributed by atoms with Crippen LogP contribution in [0, 0.1) is 6.92 Å². The molecular formula is C20H23N5O2S2. The standard InChI is InChI=1S/C20H23N5O2S2/c1-12(2)17(16-10-9-13(3)28-16)22-19-18(23-29(27)24-19)21-15-8-6-7-14(11-15)20(26)25(4)5/h6-11,17H,1H2,2-5H3,(H,21,23)(H,22,24). The second kappa shape index (κ2) is 8.73. The summed E-state index contributed by atoms with van der Waals surface area (Å²) in [5.74, 6) is 0.650. The summed E-state index contributed by atoms with van der Waals surface area (Å²) in [5.41, 5.74) is 2.11. The predicted molar refractivity (Wildman–Crippen MR) is 119 cm³/mol. The molecule has 0 saturated heterocycles. The lowest BCUT2D eigenvalue weighted by atomic mass is 10.1. The Balaban J connectivity index is 1.87. The van der Waals surface area contributed by atoms with Crippen molar-refractivity contribution in [2.45, 2.75) is 19.9 Å². The average Bonchev–Trinajstić information content (AvgIpc) is 3.24. The highest BCUT2D eigenvalue weighted by Gasteiger charge is 2.22. The number of carbonyl (C=O) groups is 1. The molecule has 2 heterocycles. The normalized spacial score (nSPS) is 12.4. The van der Waals surface area contributed by atoms with E-state index in [1.807, 2.05) is 32.0 Å². The number of carbonyl (C=O) groups excluding carboxylic acids is 1. The molecule has 0 bridgehead atoms. The third kappa shape index (κ3) is 5.00. The first kappa shape index (κ1) is 21.0. The van der Waals surface area contributed by atoms with Gasteiger partial charge in [-0.05, 0) is 44.2 Å². The van der Waals surface area contributed by atoms with Crippen molar-refractivity contribution in [2.24, 2.45) is 0 Å². The molecule has 2 aromatic heterocycles. The smallest absolute Gasteiger partial charge is 0.253 e. The number of rotatable bonds is 7. The lowest BCUT2D eigenvalue weighted by molar-refractivity contribution is 0.0827. The van der Waals surface area contributed by atoms with Gasteiger partial charge in [0.2, 0.25) is 11.6 Å². The fraction of sp³-hybridized carbons (Fsp3) is 0.250. The van der Waals surface area contributed by atoms with Crippen LogP contribution in [0.2, 0.25) is 0 Å². The highest BCUT2D eigenvalue weighted by molar-refractivity contribution is 7.14. The van der Waals surface area contributed by atoms with Crippen LogP contribution < -0.4 is 10.6 Å². The van der Waals surface area contributed by atoms with Crippen LogP contribution in [0.15, 0.2) is 48.6 Å². The zero-order chi connectivity index (χ0) is 21.1. The molecule has 9 heteroatoms. The van der Waals surface area contributed by atoms with Gasteiger partial charge in [0.25, 0.3) is 5.91 Å². The van der Waals surface area contributed by atoms with Gasteiger partial charge in [0.05, 0.1) is 6.04 Å². The van der Waals surface area contributed by atoms with E-state index in [1.54, 1.807) is 43.6 Å². The van der Waals surface area contributed by atoms with Gasteiger partial charge in [0, 0.05) is 43.8 Å². The van der Waals surface area contributed by atoms with E-state index >= 15 is 0 Å². The second-order valence-electron chi connectivity index (χ2n) is 6.89. The molecule has 3 aromatic rings. The lowest BCUT2D eigenvalue weighted by Gasteiger charge is -2.17. The maximum absolute atomic E-state index is 12.2. The maximum Gasteiger partial charge on any atom is 0.253 e. The van der Waals surface area contributed by atoms with Crippen molar-refractivity contribution in [1.29, 1.82) is 0 Å². The molecule has 2 unspecified atom stereocenters. The fourth-order valence-corrected chi connectivity index (χ4v) is 4.39. The quantitative estimate of drug-likeness (QED) is 0.416. The Morgan fingerprint density at radius 3 is 2.59 bits per heavy atom. The minimum atomic E-state index is -1.71. The number of nitrogens with one attached hydrogen (secondary N) is 2. The summed E-state index contributed by atoms with van der Waals surface area (Å²) in [7, 11) is 3.40. The van der Waals surface area contributed by atoms with E-state index in [0.717, 1.165) is 10.5 Å². The van der Waals surface area contributed by atoms with E-state index in [1.165, 1.54) is 9.78 Å². The Kier molecular flexibility index (Phi) is 6.31. The molecule has 3 rings (SSSR count). The lowest BCUT2D eigenvalue weighted by Crippen LogP contribution is -2.21. The molecule has 0 aliphatic carbocycles. The highest BCUT2D eigenvalue weighted by Crippen LogP contribution is 2.34. The van der Waals surface area contributed by atoms with Gasteiger partial charge in [0.15, 0.2) is 11.1 Å². The largest absolute Gasteiger partial charge is 0.546 e. The zero-order valence-electron chi connectivity index (χ0n) is 16.7. The van der Waals surface area contributed by atoms with Gasteiger partial charge < -0.3 is 20.1 Å². The number of hydrogen-bond donors (Lipinski definition) is 2. The first-order valence-corrected chi connectivity index (χ1v) is 10.8. The highest BCUT2D eigenvalue weighted by atomic mass is 32.2. The molecule has 0 radical (unpaired) electrons. The van der Waals surface area contributed by atoms with Crippen molar-refractivity contribution < 1.29 is 9.35 Å². The number of thiophene rings is 1. The molecular weight excluding hydrogens is 406 g/mol. The van der Waals surface area contributed by atoms with Crippen molar-refractivity contribution in [3.8, 4) is 0 Å². The molecule has 2 N–H and O–H groups in total. The third-order valence-corrected chi connectivity index (χ3v) is 5.90. The SMILES string of the molecule is C=C(C)C(Nc1n[s+]([O-])nc1Nc1cccc(C(=O)N(C)C)c1)c1ccc(C)s1. The van der Waals surface area contributed by atoms with E-state index in [0.29, 0.717) is 22.9 Å². The van der Waals surface area contributed by atoms with Gasteiger partial charge in [-0.3, -0.25) is 4.79 Å². The Labute approximate surface area is 177 Å². The molecule has 0 saturated carbocycles. The van der Waals surface area contributed by atoms with Gasteiger partial charge in [-0.1, -0.05) is 18.2 Å². The van der Waals surface area contributed by atoms with Crippen molar-refractivity contribution in [1.82, 2.24) is 13.6 Å². The van der Waals surface area contributed by atoms with E-state index in [4.69, 9.17) is 0 Å². The first-order chi connectivity index (χ1) is 13.7. The van der Waals surface area contributed by atoms with Gasteiger partial charge in [-0.2, -0.15) is 0 Å². The number of aryl methyl sites for hydroxylation is 1. The molecule has 152 valence electrons. The van der Waals surface area contributed by atoms with Crippen LogP contribution in [0.25, 0.3) is 0 Å². The predicted octanol–water partition coefficient (Wildman–Crippen LogP) is 4.75. The third-order valence-electron chi connectivity index (χ3n) is 4.16. The summed E-state index contributed by atoms with van der Waals surface area (Å²) >= 11 is -0.0447. The first-order valence-electron chi connectivity index (χ1n) is 8.91. The number of nitrogens with zero attached hydrogens (tertiary/aromatic N) is 3. The van der Waals surface area contributed by atoms with E-state index < -0.39 is 11.1 Å². The Hall–Kier alpha value is -2.75. The molecule has 2 atom stereocenters. The summed E-state index contributed by atoms with van der Waals surface area (Å²) in [5, 5.41) is 6.42. The van der Waals surface area contributed by atoms with Gasteiger partial charge in [-0.15, -0.1) is 11.3 Å². The van der Waals surface area contributed by atoms with Gasteiger partial charge in [-0.25, -0.2) is 0 Å². The van der Waals surface area contributed by atoms with Crippen LogP contribution >= 0.6 is 22.5 Å². The average molecular weight is 430 g/mol. The Morgan fingerprint density at radius 2 is 1.97 bits per heavy atom. The summed E-state index contributed by atoms with van der Waals surface area (Å²) < 4.78 is 20.2. The van der Waals surface area contributed by atoms with E-state index in [-0.39, 0.29) is 11.9 Å². The van der Waals surface area contributed by atoms with Crippen LogP contribution in [-0.2, 0) is 0 Å². The summed E-state index contributed by atoms with van der Waals surface area (Å²) in [4.78, 5) is 16.0. The monoisotopic (exact) mass is 429 g/mol. The maximum atomic E-state index is 12.2. The number of amides is 1. The minimum Gasteiger partial charge on any atom is -0.546 e. The summed E-state index contributed by atoms with van der Waals surface area (Å²) in [6.45, 7) is 8.04. The molecule has 1 amide bonds. The topological polar surface area (TPSA) is 93.2 Å². The van der Waals surface area contributed by atoms with Crippen LogP contribution in [0.4, 0.5) is 17.3 Å². The molecule has 29 heavy (non-hydrogen) atoms. The zero-order valence-corrected chi connectivity index (χ0v) is 18.4. The van der Waals surface area contributed by atoms with Crippen molar-refractivity contribution in [3.05, 3.63) is 63.9 Å². The van der Waals surface area contributed by atoms with E-state index in [2.05, 4.69) is 26.0 Å². The molecule has 0 aliphatic rings. The molecule has 1 aromatic carbocycles. The fourth-order valence-electron chi connectivity index (χ4n) is 2.75. The number of benzene rings is 1. The Morgan fingerprint density at radius 1 is 1.24 bits per heavy atom. The van der Waals surface area contributed by atoms with Crippen molar-refractivity contribution >= 4 is 45.7 Å². The van der Waals surface area contributed by atoms with Crippen molar-refractivity contribution in [3.63, 3.8) is 0 Å². The van der Waals surface area contributed by atoms with E-state index in [9.17, 15) is 9.35 Å². The van der Waals surface area contributed by atoms with Crippen LogP contribution in [0.1, 0.15) is 33.1 Å².